The molecule has 0 aliphatic carbocycles. The Kier molecular flexibility index (Phi) is 5.00. The number of aliphatic hydroxyl groups excluding tert-OH is 1. The SMILES string of the molecule is Cc1cc(COCCN(C)C)cc2cc(C(O)O)n(C)c12. The predicted octanol–water partition coefficient (Wildman–Crippen LogP) is 1.55. The Bertz CT molecular complexity index is 617. The molecule has 0 aliphatic heterocycles. The highest BCUT2D eigenvalue weighted by atomic mass is 16.5. The summed E-state index contributed by atoms with van der Waals surface area (Å²) in [6, 6.07) is 5.95. The van der Waals surface area contributed by atoms with Gasteiger partial charge in [0.25, 0.3) is 0 Å². The number of benzene rings is 1. The molecule has 0 fully saturated rings. The molecular weight excluding hydrogens is 268 g/mol. The molecule has 0 radical (unpaired) electrons. The molecule has 0 unspecified atom stereocenters. The predicted molar refractivity (Wildman–Crippen MR) is 83.0 cm³/mol. The highest BCUT2D eigenvalue weighted by molar-refractivity contribution is 5.85. The van der Waals surface area contributed by atoms with Crippen LogP contribution in [0.3, 0.4) is 0 Å². The van der Waals surface area contributed by atoms with Crippen molar-refractivity contribution in [2.24, 2.45) is 7.05 Å². The van der Waals surface area contributed by atoms with Gasteiger partial charge in [0.2, 0.25) is 0 Å². The molecule has 116 valence electrons. The standard InChI is InChI=1S/C16H24N2O3/c1-11-7-12(10-21-6-5-17(2)3)8-13-9-14(16(19)20)18(4)15(11)13/h7-9,16,19-20H,5-6,10H2,1-4H3. The fourth-order valence-electron chi connectivity index (χ4n) is 2.61. The Morgan fingerprint density at radius 3 is 2.57 bits per heavy atom. The average molecular weight is 292 g/mol. The third-order valence-corrected chi connectivity index (χ3v) is 3.63. The van der Waals surface area contributed by atoms with Crippen LogP contribution in [-0.2, 0) is 18.4 Å². The van der Waals surface area contributed by atoms with Gasteiger partial charge in [0.1, 0.15) is 0 Å². The normalized spacial score (nSPS) is 12.0. The van der Waals surface area contributed by atoms with Crippen molar-refractivity contribution in [3.05, 3.63) is 35.0 Å². The summed E-state index contributed by atoms with van der Waals surface area (Å²) in [4.78, 5) is 2.08. The molecule has 0 aliphatic rings. The summed E-state index contributed by atoms with van der Waals surface area (Å²) in [5, 5.41) is 19.8. The summed E-state index contributed by atoms with van der Waals surface area (Å²) in [5.74, 6) is 0. The molecule has 2 N–H and O–H groups in total. The zero-order valence-corrected chi connectivity index (χ0v) is 13.1. The lowest BCUT2D eigenvalue weighted by Crippen LogP contribution is -2.17. The third kappa shape index (κ3) is 3.63. The quantitative estimate of drug-likeness (QED) is 0.626. The van der Waals surface area contributed by atoms with Crippen LogP contribution in [0.4, 0.5) is 0 Å². The Morgan fingerprint density at radius 2 is 1.95 bits per heavy atom. The zero-order valence-electron chi connectivity index (χ0n) is 13.1. The van der Waals surface area contributed by atoms with E-state index in [1.165, 1.54) is 0 Å². The molecule has 0 saturated carbocycles. The maximum atomic E-state index is 9.40. The van der Waals surface area contributed by atoms with Gasteiger partial charge in [-0.25, -0.2) is 0 Å². The Balaban J connectivity index is 2.20. The molecule has 1 aromatic carbocycles. The first-order valence-electron chi connectivity index (χ1n) is 7.07. The van der Waals surface area contributed by atoms with E-state index in [2.05, 4.69) is 11.0 Å². The molecule has 0 amide bonds. The van der Waals surface area contributed by atoms with Crippen LogP contribution in [0.1, 0.15) is 23.1 Å². The molecule has 0 saturated heterocycles. The van der Waals surface area contributed by atoms with Gasteiger partial charge in [0.15, 0.2) is 6.29 Å². The van der Waals surface area contributed by atoms with Gasteiger partial charge in [-0.1, -0.05) is 6.07 Å². The second kappa shape index (κ2) is 6.58. The summed E-state index contributed by atoms with van der Waals surface area (Å²) < 4.78 is 7.50. The first-order chi connectivity index (χ1) is 9.90. The van der Waals surface area contributed by atoms with Crippen molar-refractivity contribution in [2.75, 3.05) is 27.2 Å². The lowest BCUT2D eigenvalue weighted by Gasteiger charge is -2.11. The molecule has 5 nitrogen and oxygen atoms in total. The lowest BCUT2D eigenvalue weighted by molar-refractivity contribution is -0.0475. The number of ether oxygens (including phenoxy) is 1. The molecule has 5 heteroatoms. The van der Waals surface area contributed by atoms with Gasteiger partial charge in [-0.05, 0) is 44.3 Å². The molecule has 0 spiro atoms. The van der Waals surface area contributed by atoms with E-state index in [0.29, 0.717) is 18.9 Å². The number of likely N-dealkylation sites (N-methyl/N-ethyl adjacent to an activating group) is 1. The van der Waals surface area contributed by atoms with E-state index < -0.39 is 6.29 Å². The van der Waals surface area contributed by atoms with Crippen molar-refractivity contribution >= 4 is 10.9 Å². The van der Waals surface area contributed by atoms with Crippen molar-refractivity contribution in [3.8, 4) is 0 Å². The van der Waals surface area contributed by atoms with Gasteiger partial charge in [-0.15, -0.1) is 0 Å². The number of nitrogens with zero attached hydrogens (tertiary/aromatic N) is 2. The molecule has 0 atom stereocenters. The van der Waals surface area contributed by atoms with Crippen LogP contribution < -0.4 is 0 Å². The van der Waals surface area contributed by atoms with E-state index in [1.807, 2.05) is 44.8 Å². The maximum Gasteiger partial charge on any atom is 0.194 e. The minimum atomic E-state index is -1.46. The van der Waals surface area contributed by atoms with Crippen molar-refractivity contribution in [3.63, 3.8) is 0 Å². The fourth-order valence-corrected chi connectivity index (χ4v) is 2.61. The van der Waals surface area contributed by atoms with E-state index in [1.54, 1.807) is 0 Å². The molecule has 2 aromatic rings. The van der Waals surface area contributed by atoms with E-state index in [9.17, 15) is 10.2 Å². The van der Waals surface area contributed by atoms with Crippen LogP contribution in [0.25, 0.3) is 10.9 Å². The van der Waals surface area contributed by atoms with Crippen LogP contribution >= 0.6 is 0 Å². The molecule has 0 bridgehead atoms. The topological polar surface area (TPSA) is 57.9 Å². The third-order valence-electron chi connectivity index (χ3n) is 3.63. The van der Waals surface area contributed by atoms with Crippen molar-refractivity contribution < 1.29 is 14.9 Å². The van der Waals surface area contributed by atoms with Gasteiger partial charge >= 0.3 is 0 Å². The zero-order chi connectivity index (χ0) is 15.6. The number of rotatable bonds is 6. The number of hydrogen-bond acceptors (Lipinski definition) is 4. The average Bonchev–Trinajstić information content (AvgIpc) is 2.72. The Morgan fingerprint density at radius 1 is 1.24 bits per heavy atom. The highest BCUT2D eigenvalue weighted by Gasteiger charge is 2.13. The van der Waals surface area contributed by atoms with Gasteiger partial charge in [0.05, 0.1) is 24.4 Å². The van der Waals surface area contributed by atoms with E-state index >= 15 is 0 Å². The Hall–Kier alpha value is -1.40. The monoisotopic (exact) mass is 292 g/mol. The highest BCUT2D eigenvalue weighted by Crippen LogP contribution is 2.26. The van der Waals surface area contributed by atoms with E-state index in [-0.39, 0.29) is 0 Å². The van der Waals surface area contributed by atoms with E-state index in [4.69, 9.17) is 4.74 Å². The molecule has 21 heavy (non-hydrogen) atoms. The van der Waals surface area contributed by atoms with Crippen LogP contribution in [0, 0.1) is 6.92 Å². The van der Waals surface area contributed by atoms with Crippen LogP contribution in [0.2, 0.25) is 0 Å². The molecule has 1 heterocycles. The number of aryl methyl sites for hydroxylation is 2. The largest absolute Gasteiger partial charge is 0.375 e. The summed E-state index contributed by atoms with van der Waals surface area (Å²) in [6.45, 7) is 4.18. The fraction of sp³-hybridized carbons (Fsp3) is 0.500. The van der Waals surface area contributed by atoms with Crippen LogP contribution in [0.5, 0.6) is 0 Å². The second-order valence-electron chi connectivity index (χ2n) is 5.71. The molecule has 2 rings (SSSR count). The second-order valence-corrected chi connectivity index (χ2v) is 5.71. The van der Waals surface area contributed by atoms with Gasteiger partial charge in [-0.3, -0.25) is 0 Å². The van der Waals surface area contributed by atoms with Crippen LogP contribution in [-0.4, -0.2) is 46.9 Å². The van der Waals surface area contributed by atoms with E-state index in [0.717, 1.165) is 28.6 Å². The lowest BCUT2D eigenvalue weighted by atomic mass is 10.1. The van der Waals surface area contributed by atoms with Gasteiger partial charge in [-0.2, -0.15) is 0 Å². The summed E-state index contributed by atoms with van der Waals surface area (Å²) >= 11 is 0. The van der Waals surface area contributed by atoms with Crippen molar-refractivity contribution in [2.45, 2.75) is 19.8 Å². The first kappa shape index (κ1) is 16.0. The van der Waals surface area contributed by atoms with Crippen molar-refractivity contribution in [1.82, 2.24) is 9.47 Å². The molecular formula is C16H24N2O3. The molecule has 1 aromatic heterocycles. The number of hydrogen-bond donors (Lipinski definition) is 2. The first-order valence-corrected chi connectivity index (χ1v) is 7.07. The summed E-state index contributed by atoms with van der Waals surface area (Å²) in [5.41, 5.74) is 3.73. The van der Waals surface area contributed by atoms with Gasteiger partial charge < -0.3 is 24.4 Å². The smallest absolute Gasteiger partial charge is 0.194 e. The number of fused-ring (bicyclic) bond motifs is 1. The van der Waals surface area contributed by atoms with Gasteiger partial charge in [0, 0.05) is 19.0 Å². The Labute approximate surface area is 125 Å². The summed E-state index contributed by atoms with van der Waals surface area (Å²) in [7, 11) is 5.88. The van der Waals surface area contributed by atoms with Crippen LogP contribution in [0.15, 0.2) is 18.2 Å². The number of aromatic nitrogens is 1. The maximum absolute atomic E-state index is 9.40. The summed E-state index contributed by atoms with van der Waals surface area (Å²) in [6.07, 6.45) is -1.46. The number of aliphatic hydroxyl groups is 2. The minimum absolute atomic E-state index is 0.499. The minimum Gasteiger partial charge on any atom is -0.375 e. The van der Waals surface area contributed by atoms with Crippen molar-refractivity contribution in [1.29, 1.82) is 0 Å².